The van der Waals surface area contributed by atoms with Crippen LogP contribution in [0.3, 0.4) is 0 Å². The van der Waals surface area contributed by atoms with Gasteiger partial charge in [-0.25, -0.2) is 0 Å². The predicted molar refractivity (Wildman–Crippen MR) is 62.0 cm³/mol. The van der Waals surface area contributed by atoms with Gasteiger partial charge in [-0.2, -0.15) is 0 Å². The van der Waals surface area contributed by atoms with Crippen LogP contribution >= 0.6 is 0 Å². The summed E-state index contributed by atoms with van der Waals surface area (Å²) in [6.07, 6.45) is 1.03. The average molecular weight is 222 g/mol. The summed E-state index contributed by atoms with van der Waals surface area (Å²) in [7, 11) is 3.82. The molecule has 0 aromatic heterocycles. The maximum atomic E-state index is 5.17. The smallest absolute Gasteiger partial charge is 0.377 e. The average Bonchev–Trinajstić information content (AvgIpc) is 2.16. The van der Waals surface area contributed by atoms with Crippen LogP contribution in [0.2, 0.25) is 6.04 Å². The second-order valence-corrected chi connectivity index (χ2v) is 6.36. The van der Waals surface area contributed by atoms with E-state index in [1.807, 2.05) is 5.70 Å². The molecule has 0 atom stereocenters. The van der Waals surface area contributed by atoms with Crippen molar-refractivity contribution < 1.29 is 13.3 Å². The Morgan fingerprint density at radius 2 is 1.54 bits per heavy atom. The third-order valence-corrected chi connectivity index (χ3v) is 4.47. The second kappa shape index (κ2) is 10.1. The van der Waals surface area contributed by atoms with Crippen molar-refractivity contribution in [3.8, 4) is 0 Å². The van der Waals surface area contributed by atoms with Crippen LogP contribution in [0.4, 0.5) is 0 Å². The summed E-state index contributed by atoms with van der Waals surface area (Å²) < 4.78 is 15.5. The van der Waals surface area contributed by atoms with Crippen LogP contribution in [0.1, 0.15) is 13.3 Å². The largest absolute Gasteiger partial charge is 0.500 e. The van der Waals surface area contributed by atoms with Gasteiger partial charge >= 0.3 is 8.80 Å². The van der Waals surface area contributed by atoms with E-state index in [0.29, 0.717) is 0 Å². The van der Waals surface area contributed by atoms with Gasteiger partial charge in [0.15, 0.2) is 0 Å². The molecule has 0 unspecified atom stereocenters. The van der Waals surface area contributed by atoms with E-state index in [0.717, 1.165) is 22.7 Å². The molecule has 0 bridgehead atoms. The number of hydrogen-bond acceptors (Lipinski definition) is 3. The molecule has 0 aliphatic carbocycles. The van der Waals surface area contributed by atoms with Crippen molar-refractivity contribution in [2.24, 2.45) is 0 Å². The maximum Gasteiger partial charge on any atom is 0.500 e. The molecule has 0 aromatic rings. The van der Waals surface area contributed by atoms with E-state index in [1.54, 1.807) is 21.3 Å². The first-order valence-electron chi connectivity index (χ1n) is 4.38. The topological polar surface area (TPSA) is 27.7 Å². The molecule has 0 rings (SSSR count). The molecule has 0 N–H and O–H groups in total. The number of hydrogen-bond donors (Lipinski definition) is 0. The van der Waals surface area contributed by atoms with E-state index >= 15 is 0 Å². The maximum absolute atomic E-state index is 5.17. The van der Waals surface area contributed by atoms with Gasteiger partial charge in [0.25, 0.3) is 0 Å². The van der Waals surface area contributed by atoms with Gasteiger partial charge in [-0.05, 0) is 0 Å². The van der Waals surface area contributed by atoms with Gasteiger partial charge in [0.2, 0.25) is 0 Å². The van der Waals surface area contributed by atoms with Crippen LogP contribution in [0.5, 0.6) is 0 Å². The molecule has 5 heteroatoms. The van der Waals surface area contributed by atoms with Crippen molar-refractivity contribution in [2.75, 3.05) is 21.3 Å². The summed E-state index contributed by atoms with van der Waals surface area (Å²) in [5.74, 6) is 0. The fourth-order valence-corrected chi connectivity index (χ4v) is 2.59. The Morgan fingerprint density at radius 1 is 1.23 bits per heavy atom. The lowest BCUT2D eigenvalue weighted by Crippen LogP contribution is -2.42. The van der Waals surface area contributed by atoms with Crippen LogP contribution in [0, 0.1) is 0 Å². The van der Waals surface area contributed by atoms with Gasteiger partial charge in [-0.3, -0.25) is 0 Å². The van der Waals surface area contributed by atoms with E-state index in [1.165, 1.54) is 0 Å². The molecule has 0 fully saturated rings. The highest BCUT2D eigenvalue weighted by molar-refractivity contribution is 6.60. The molecule has 0 aliphatic rings. The van der Waals surface area contributed by atoms with Crippen molar-refractivity contribution in [2.45, 2.75) is 19.4 Å². The van der Waals surface area contributed by atoms with E-state index < -0.39 is 8.80 Å². The van der Waals surface area contributed by atoms with Gasteiger partial charge < -0.3 is 13.3 Å². The molecule has 3 nitrogen and oxygen atoms in total. The van der Waals surface area contributed by atoms with E-state index in [9.17, 15) is 0 Å². The zero-order valence-electron chi connectivity index (χ0n) is 9.42. The first-order chi connectivity index (χ1) is 6.16. The number of rotatable bonds is 5. The minimum absolute atomic E-state index is 0.885. The predicted octanol–water partition coefficient (Wildman–Crippen LogP) is 0.770. The van der Waals surface area contributed by atoms with Crippen LogP contribution in [0.25, 0.3) is 0 Å². The van der Waals surface area contributed by atoms with Crippen LogP contribution in [0.15, 0.2) is 12.3 Å². The highest BCUT2D eigenvalue weighted by Crippen LogP contribution is 2.13. The van der Waals surface area contributed by atoms with Crippen molar-refractivity contribution in [1.29, 1.82) is 0 Å². The molecule has 0 radical (unpaired) electrons. The lowest BCUT2D eigenvalue weighted by Gasteiger charge is -2.23. The Kier molecular flexibility index (Phi) is 12.1. The molecule has 0 spiro atoms. The Balaban J connectivity index is 0. The molecule has 0 saturated heterocycles. The van der Waals surface area contributed by atoms with E-state index in [2.05, 4.69) is 13.5 Å². The molecule has 80 valence electrons. The minimum atomic E-state index is -2.22. The summed E-state index contributed by atoms with van der Waals surface area (Å²) in [6, 6.07) is 0.885. The Morgan fingerprint density at radius 3 is 1.62 bits per heavy atom. The summed E-state index contributed by atoms with van der Waals surface area (Å²) in [5, 5.41) is 0. The molecular weight excluding hydrogens is 200 g/mol. The molecule has 0 saturated carbocycles. The van der Waals surface area contributed by atoms with Gasteiger partial charge in [0, 0.05) is 37.6 Å². The van der Waals surface area contributed by atoms with E-state index in [-0.39, 0.29) is 0 Å². The van der Waals surface area contributed by atoms with Crippen molar-refractivity contribution in [3.05, 3.63) is 12.3 Å². The molecular formula is C8H22O3Si2. The zero-order valence-corrected chi connectivity index (χ0v) is 12.4. The molecule has 13 heavy (non-hydrogen) atoms. The van der Waals surface area contributed by atoms with Gasteiger partial charge in [-0.1, -0.05) is 13.3 Å². The first kappa shape index (κ1) is 15.5. The standard InChI is InChI=1S/C6H16O3Si.C2H6Si/c1-5-6-10(7-2,8-3)9-4;1-2-3/h5-6H2,1-4H3;2H,1H2,3H3. The van der Waals surface area contributed by atoms with Crippen molar-refractivity contribution in [3.63, 3.8) is 0 Å². The summed E-state index contributed by atoms with van der Waals surface area (Å²) >= 11 is 0. The fraction of sp³-hybridized carbons (Fsp3) is 0.750. The third-order valence-electron chi connectivity index (χ3n) is 1.49. The third kappa shape index (κ3) is 7.15. The van der Waals surface area contributed by atoms with Crippen molar-refractivity contribution in [1.82, 2.24) is 0 Å². The lowest BCUT2D eigenvalue weighted by molar-refractivity contribution is 0.123. The Hall–Kier alpha value is 0.0538. The normalized spacial score (nSPS) is 10.5. The highest BCUT2D eigenvalue weighted by Gasteiger charge is 2.36. The fourth-order valence-electron chi connectivity index (χ4n) is 0.862. The zero-order chi connectivity index (χ0) is 10.7. The quantitative estimate of drug-likeness (QED) is 0.643. The second-order valence-electron chi connectivity index (χ2n) is 2.45. The van der Waals surface area contributed by atoms with Crippen LogP contribution < -0.4 is 0 Å². The van der Waals surface area contributed by atoms with Gasteiger partial charge in [0.05, 0.1) is 0 Å². The van der Waals surface area contributed by atoms with Crippen molar-refractivity contribution >= 4 is 19.0 Å². The molecule has 0 amide bonds. The first-order valence-corrected chi connectivity index (χ1v) is 7.47. The molecule has 0 aliphatic heterocycles. The van der Waals surface area contributed by atoms with E-state index in [4.69, 9.17) is 13.3 Å². The molecule has 0 aromatic carbocycles. The Labute approximate surface area is 85.9 Å². The molecule has 0 heterocycles. The SMILES string of the molecule is C=C[SiH3].CCC[Si](OC)(OC)OC. The monoisotopic (exact) mass is 222 g/mol. The Bertz CT molecular complexity index is 108. The van der Waals surface area contributed by atoms with Gasteiger partial charge in [0.1, 0.15) is 0 Å². The summed E-state index contributed by atoms with van der Waals surface area (Å²) in [5.41, 5.74) is 1.89. The highest BCUT2D eigenvalue weighted by atomic mass is 28.4. The summed E-state index contributed by atoms with van der Waals surface area (Å²) in [4.78, 5) is 0. The van der Waals surface area contributed by atoms with Gasteiger partial charge in [-0.15, -0.1) is 12.3 Å². The summed E-state index contributed by atoms with van der Waals surface area (Å²) in [6.45, 7) is 5.50. The minimum Gasteiger partial charge on any atom is -0.377 e. The van der Waals surface area contributed by atoms with Crippen LogP contribution in [-0.4, -0.2) is 40.4 Å². The van der Waals surface area contributed by atoms with Crippen LogP contribution in [-0.2, 0) is 13.3 Å². The lowest BCUT2D eigenvalue weighted by atomic mass is 10.6.